The number of likely N-dealkylation sites (N-methyl/N-ethyl adjacent to an activating group) is 1. The summed E-state index contributed by atoms with van der Waals surface area (Å²) in [6.07, 6.45) is 0.609. The fourth-order valence-electron chi connectivity index (χ4n) is 2.03. The van der Waals surface area contributed by atoms with E-state index in [0.717, 1.165) is 12.1 Å². The summed E-state index contributed by atoms with van der Waals surface area (Å²) in [7, 11) is 0. The number of hydrogen-bond donors (Lipinski definition) is 1. The van der Waals surface area contributed by atoms with Crippen LogP contribution < -0.4 is 5.32 Å². The third kappa shape index (κ3) is 3.37. The Morgan fingerprint density at radius 1 is 1.35 bits per heavy atom. The van der Waals surface area contributed by atoms with Gasteiger partial charge in [0.05, 0.1) is 12.1 Å². The quantitative estimate of drug-likeness (QED) is 0.651. The van der Waals surface area contributed by atoms with Crippen molar-refractivity contribution in [2.24, 2.45) is 0 Å². The van der Waals surface area contributed by atoms with Gasteiger partial charge in [-0.15, -0.1) is 0 Å². The van der Waals surface area contributed by atoms with Crippen molar-refractivity contribution in [3.8, 4) is 0 Å². The molecule has 1 unspecified atom stereocenters. The molecule has 20 heavy (non-hydrogen) atoms. The Morgan fingerprint density at radius 2 is 2.10 bits per heavy atom. The Labute approximate surface area is 121 Å². The molecule has 0 saturated carbocycles. The number of furan rings is 1. The Hall–Kier alpha value is -1.85. The molecule has 6 heteroatoms. The van der Waals surface area contributed by atoms with Crippen molar-refractivity contribution in [1.82, 2.24) is 5.32 Å². The molecule has 1 N–H and O–H groups in total. The lowest BCUT2D eigenvalue weighted by molar-refractivity contribution is -0.402. The van der Waals surface area contributed by atoms with Crippen LogP contribution in [-0.2, 0) is 6.42 Å². The van der Waals surface area contributed by atoms with Crippen LogP contribution in [0.2, 0.25) is 5.02 Å². The molecule has 0 spiro atoms. The number of nitro groups is 1. The van der Waals surface area contributed by atoms with Gasteiger partial charge in [0.2, 0.25) is 0 Å². The summed E-state index contributed by atoms with van der Waals surface area (Å²) in [5.41, 5.74) is 0.971. The van der Waals surface area contributed by atoms with Crippen molar-refractivity contribution >= 4 is 17.5 Å². The third-order valence-corrected chi connectivity index (χ3v) is 3.34. The lowest BCUT2D eigenvalue weighted by atomic mass is 10.0. The van der Waals surface area contributed by atoms with Crippen molar-refractivity contribution in [2.45, 2.75) is 19.4 Å². The number of rotatable bonds is 6. The molecular formula is C14H15ClN2O3. The highest BCUT2D eigenvalue weighted by Gasteiger charge is 2.20. The van der Waals surface area contributed by atoms with Gasteiger partial charge in [0.25, 0.3) is 0 Å². The van der Waals surface area contributed by atoms with E-state index in [9.17, 15) is 10.1 Å². The molecular weight excluding hydrogens is 280 g/mol. The highest BCUT2D eigenvalue weighted by Crippen LogP contribution is 2.26. The molecule has 106 valence electrons. The third-order valence-electron chi connectivity index (χ3n) is 2.97. The van der Waals surface area contributed by atoms with Crippen LogP contribution in [0.1, 0.15) is 24.3 Å². The molecule has 0 amide bonds. The molecule has 1 heterocycles. The molecule has 1 atom stereocenters. The summed E-state index contributed by atoms with van der Waals surface area (Å²) in [4.78, 5) is 10.1. The maximum Gasteiger partial charge on any atom is 0.433 e. The van der Waals surface area contributed by atoms with Gasteiger partial charge in [0.15, 0.2) is 0 Å². The molecule has 2 aromatic rings. The van der Waals surface area contributed by atoms with Crippen LogP contribution in [0.5, 0.6) is 0 Å². The molecule has 0 saturated heterocycles. The van der Waals surface area contributed by atoms with Gasteiger partial charge in [-0.2, -0.15) is 0 Å². The van der Waals surface area contributed by atoms with Crippen molar-refractivity contribution in [1.29, 1.82) is 0 Å². The van der Waals surface area contributed by atoms with Gasteiger partial charge < -0.3 is 9.73 Å². The Kier molecular flexibility index (Phi) is 4.76. The van der Waals surface area contributed by atoms with Crippen LogP contribution >= 0.6 is 11.6 Å². The highest BCUT2D eigenvalue weighted by atomic mass is 35.5. The minimum atomic E-state index is -0.540. The topological polar surface area (TPSA) is 68.3 Å². The second kappa shape index (κ2) is 6.54. The SMILES string of the molecule is CCNC(Cc1ccccc1Cl)c1ccc([N+](=O)[O-])o1. The monoisotopic (exact) mass is 294 g/mol. The van der Waals surface area contributed by atoms with Gasteiger partial charge in [-0.25, -0.2) is 0 Å². The van der Waals surface area contributed by atoms with Crippen LogP contribution in [0.4, 0.5) is 5.88 Å². The number of nitrogens with one attached hydrogen (secondary N) is 1. The predicted molar refractivity (Wildman–Crippen MR) is 76.9 cm³/mol. The largest absolute Gasteiger partial charge is 0.433 e. The summed E-state index contributed by atoms with van der Waals surface area (Å²) in [5.74, 6) is 0.292. The smallest absolute Gasteiger partial charge is 0.404 e. The first-order chi connectivity index (χ1) is 9.61. The standard InChI is InChI=1S/C14H15ClN2O3/c1-2-16-12(9-10-5-3-4-6-11(10)15)13-7-8-14(20-13)17(18)19/h3-8,12,16H,2,9H2,1H3. The number of benzene rings is 1. The van der Waals surface area contributed by atoms with Crippen molar-refractivity contribution < 1.29 is 9.34 Å². The Bertz CT molecular complexity index is 598. The van der Waals surface area contributed by atoms with Crippen molar-refractivity contribution in [2.75, 3.05) is 6.54 Å². The Balaban J connectivity index is 2.22. The van der Waals surface area contributed by atoms with Gasteiger partial charge in [0.1, 0.15) is 10.7 Å². The Morgan fingerprint density at radius 3 is 2.70 bits per heavy atom. The summed E-state index contributed by atoms with van der Waals surface area (Å²) in [6, 6.07) is 10.4. The minimum absolute atomic E-state index is 0.145. The van der Waals surface area contributed by atoms with Crippen molar-refractivity contribution in [3.63, 3.8) is 0 Å². The average molecular weight is 295 g/mol. The van der Waals surface area contributed by atoms with Crippen molar-refractivity contribution in [3.05, 3.63) is 62.9 Å². The first kappa shape index (κ1) is 14.6. The maximum absolute atomic E-state index is 10.7. The molecule has 0 aliphatic rings. The van der Waals surface area contributed by atoms with E-state index < -0.39 is 4.92 Å². The average Bonchev–Trinajstić information content (AvgIpc) is 2.90. The first-order valence-electron chi connectivity index (χ1n) is 6.32. The molecule has 0 aliphatic heterocycles. The predicted octanol–water partition coefficient (Wildman–Crippen LogP) is 3.73. The zero-order chi connectivity index (χ0) is 14.5. The molecule has 2 rings (SSSR count). The van der Waals surface area contributed by atoms with Gasteiger partial charge >= 0.3 is 5.88 Å². The van der Waals surface area contributed by atoms with E-state index in [2.05, 4.69) is 5.32 Å². The molecule has 1 aromatic carbocycles. The van der Waals surface area contributed by atoms with E-state index in [1.54, 1.807) is 6.07 Å². The van der Waals surface area contributed by atoms with Gasteiger partial charge in [-0.1, -0.05) is 36.7 Å². The van der Waals surface area contributed by atoms with Crippen LogP contribution in [0.25, 0.3) is 0 Å². The zero-order valence-electron chi connectivity index (χ0n) is 11.0. The minimum Gasteiger partial charge on any atom is -0.404 e. The maximum atomic E-state index is 10.7. The normalized spacial score (nSPS) is 12.3. The summed E-state index contributed by atoms with van der Waals surface area (Å²) in [6.45, 7) is 2.70. The van der Waals surface area contributed by atoms with E-state index in [1.165, 1.54) is 6.07 Å². The van der Waals surface area contributed by atoms with E-state index >= 15 is 0 Å². The second-order valence-corrected chi connectivity index (χ2v) is 4.75. The lowest BCUT2D eigenvalue weighted by Crippen LogP contribution is -2.22. The van der Waals surface area contributed by atoms with Crippen LogP contribution in [0.15, 0.2) is 40.8 Å². The summed E-state index contributed by atoms with van der Waals surface area (Å²) < 4.78 is 5.27. The molecule has 0 bridgehead atoms. The van der Waals surface area contributed by atoms with Crippen LogP contribution in [0, 0.1) is 10.1 Å². The number of hydrogen-bond acceptors (Lipinski definition) is 4. The molecule has 1 aromatic heterocycles. The van der Waals surface area contributed by atoms with E-state index in [4.69, 9.17) is 16.0 Å². The first-order valence-corrected chi connectivity index (χ1v) is 6.70. The molecule has 0 radical (unpaired) electrons. The van der Waals surface area contributed by atoms with Gasteiger partial charge in [0, 0.05) is 5.02 Å². The lowest BCUT2D eigenvalue weighted by Gasteiger charge is -2.16. The zero-order valence-corrected chi connectivity index (χ0v) is 11.8. The fraction of sp³-hybridized carbons (Fsp3) is 0.286. The van der Waals surface area contributed by atoms with E-state index in [1.807, 2.05) is 31.2 Å². The van der Waals surface area contributed by atoms with Gasteiger partial charge in [-0.05, 0) is 30.7 Å². The summed E-state index contributed by atoms with van der Waals surface area (Å²) in [5, 5.41) is 14.6. The second-order valence-electron chi connectivity index (χ2n) is 4.34. The highest BCUT2D eigenvalue weighted by molar-refractivity contribution is 6.31. The number of halogens is 1. The number of nitrogens with zero attached hydrogens (tertiary/aromatic N) is 1. The molecule has 0 aliphatic carbocycles. The molecule has 0 fully saturated rings. The van der Waals surface area contributed by atoms with Crippen LogP contribution in [0.3, 0.4) is 0 Å². The summed E-state index contributed by atoms with van der Waals surface area (Å²) >= 11 is 6.14. The fourth-order valence-corrected chi connectivity index (χ4v) is 2.24. The van der Waals surface area contributed by atoms with E-state index in [0.29, 0.717) is 17.2 Å². The molecule has 5 nitrogen and oxygen atoms in total. The van der Waals surface area contributed by atoms with Crippen LogP contribution in [-0.4, -0.2) is 11.5 Å². The van der Waals surface area contributed by atoms with Gasteiger partial charge in [-0.3, -0.25) is 10.1 Å². The van der Waals surface area contributed by atoms with E-state index in [-0.39, 0.29) is 11.9 Å².